The molecule has 1 aliphatic heterocycles. The van der Waals surface area contributed by atoms with Gasteiger partial charge in [0, 0.05) is 32.2 Å². The van der Waals surface area contributed by atoms with Crippen molar-refractivity contribution in [2.24, 2.45) is 0 Å². The number of para-hydroxylation sites is 1. The molecule has 3 nitrogen and oxygen atoms in total. The molecule has 1 aliphatic rings. The molecule has 104 valence electrons. The predicted octanol–water partition coefficient (Wildman–Crippen LogP) is 2.65. The molecule has 0 spiro atoms. The first-order valence-corrected chi connectivity index (χ1v) is 6.79. The van der Waals surface area contributed by atoms with Crippen LogP contribution in [0, 0.1) is 0 Å². The molecule has 1 heterocycles. The van der Waals surface area contributed by atoms with E-state index in [1.807, 2.05) is 0 Å². The fourth-order valence-corrected chi connectivity index (χ4v) is 2.32. The zero-order chi connectivity index (χ0) is 13.7. The second-order valence-corrected chi connectivity index (χ2v) is 5.47. The third-order valence-electron chi connectivity index (χ3n) is 3.16. The molecule has 0 radical (unpaired) electrons. The molecule has 1 aromatic carbocycles. The molecular weight excluding hydrogens is 238 g/mol. The van der Waals surface area contributed by atoms with E-state index in [0.29, 0.717) is 0 Å². The number of hydrogen-bond acceptors (Lipinski definition) is 3. The van der Waals surface area contributed by atoms with E-state index in [2.05, 4.69) is 49.5 Å². The molecule has 0 atom stereocenters. The van der Waals surface area contributed by atoms with Crippen LogP contribution in [0.2, 0.25) is 0 Å². The van der Waals surface area contributed by atoms with Crippen molar-refractivity contribution in [3.05, 3.63) is 35.4 Å². The lowest BCUT2D eigenvalue weighted by molar-refractivity contribution is 0.138. The number of rotatable bonds is 6. The van der Waals surface area contributed by atoms with Gasteiger partial charge in [0.15, 0.2) is 0 Å². The Labute approximate surface area is 115 Å². The summed E-state index contributed by atoms with van der Waals surface area (Å²) in [4.78, 5) is 0. The van der Waals surface area contributed by atoms with Crippen molar-refractivity contribution < 1.29 is 9.47 Å². The summed E-state index contributed by atoms with van der Waals surface area (Å²) in [7, 11) is 1.71. The van der Waals surface area contributed by atoms with Gasteiger partial charge in [-0.25, -0.2) is 0 Å². The standard InChI is InChI=1S/C16H23NO2/c1-16(2)12-14-7-4-6-13(15(14)19-16)8-5-9-17-10-11-18-3/h4-8,17H,9-12H2,1-3H3. The third kappa shape index (κ3) is 3.82. The summed E-state index contributed by atoms with van der Waals surface area (Å²) >= 11 is 0. The zero-order valence-corrected chi connectivity index (χ0v) is 12.0. The Hall–Kier alpha value is -1.32. The number of nitrogens with one attached hydrogen (secondary N) is 1. The van der Waals surface area contributed by atoms with Crippen LogP contribution >= 0.6 is 0 Å². The summed E-state index contributed by atoms with van der Waals surface area (Å²) in [5, 5.41) is 3.29. The fraction of sp³-hybridized carbons (Fsp3) is 0.500. The Morgan fingerprint density at radius 1 is 1.42 bits per heavy atom. The molecule has 19 heavy (non-hydrogen) atoms. The van der Waals surface area contributed by atoms with Crippen LogP contribution in [0.5, 0.6) is 5.75 Å². The molecule has 0 saturated carbocycles. The zero-order valence-electron chi connectivity index (χ0n) is 12.0. The van der Waals surface area contributed by atoms with Crippen molar-refractivity contribution in [1.29, 1.82) is 0 Å². The van der Waals surface area contributed by atoms with E-state index in [-0.39, 0.29) is 5.60 Å². The maximum absolute atomic E-state index is 6.03. The van der Waals surface area contributed by atoms with Gasteiger partial charge >= 0.3 is 0 Å². The molecule has 0 bridgehead atoms. The molecule has 0 aliphatic carbocycles. The lowest BCUT2D eigenvalue weighted by atomic mass is 10.0. The molecular formula is C16H23NO2. The van der Waals surface area contributed by atoms with Crippen LogP contribution in [0.15, 0.2) is 24.3 Å². The highest BCUT2D eigenvalue weighted by atomic mass is 16.5. The Morgan fingerprint density at radius 2 is 2.26 bits per heavy atom. The Kier molecular flexibility index (Phi) is 4.61. The van der Waals surface area contributed by atoms with Gasteiger partial charge in [-0.15, -0.1) is 0 Å². The number of ether oxygens (including phenoxy) is 2. The van der Waals surface area contributed by atoms with Crippen molar-refractivity contribution >= 4 is 6.08 Å². The van der Waals surface area contributed by atoms with E-state index in [9.17, 15) is 0 Å². The minimum absolute atomic E-state index is 0.0804. The Morgan fingerprint density at radius 3 is 3.05 bits per heavy atom. The molecule has 3 heteroatoms. The van der Waals surface area contributed by atoms with E-state index < -0.39 is 0 Å². The molecule has 0 fully saturated rings. The van der Waals surface area contributed by atoms with Gasteiger partial charge in [-0.2, -0.15) is 0 Å². The lowest BCUT2D eigenvalue weighted by Crippen LogP contribution is -2.24. The highest BCUT2D eigenvalue weighted by Crippen LogP contribution is 2.37. The molecule has 2 rings (SSSR count). The van der Waals surface area contributed by atoms with Crippen molar-refractivity contribution in [2.75, 3.05) is 26.8 Å². The summed E-state index contributed by atoms with van der Waals surface area (Å²) in [5.74, 6) is 1.04. The summed E-state index contributed by atoms with van der Waals surface area (Å²) in [6, 6.07) is 6.35. The number of fused-ring (bicyclic) bond motifs is 1. The van der Waals surface area contributed by atoms with Gasteiger partial charge in [-0.05, 0) is 19.4 Å². The first-order valence-electron chi connectivity index (χ1n) is 6.79. The fourth-order valence-electron chi connectivity index (χ4n) is 2.32. The van der Waals surface area contributed by atoms with E-state index in [4.69, 9.17) is 9.47 Å². The van der Waals surface area contributed by atoms with Gasteiger partial charge in [0.1, 0.15) is 11.4 Å². The number of methoxy groups -OCH3 is 1. The van der Waals surface area contributed by atoms with Crippen LogP contribution in [-0.4, -0.2) is 32.4 Å². The highest BCUT2D eigenvalue weighted by molar-refractivity contribution is 5.61. The van der Waals surface area contributed by atoms with Crippen LogP contribution in [-0.2, 0) is 11.2 Å². The largest absolute Gasteiger partial charge is 0.487 e. The van der Waals surface area contributed by atoms with Crippen LogP contribution in [0.1, 0.15) is 25.0 Å². The Bertz CT molecular complexity index is 452. The average Bonchev–Trinajstić information content (AvgIpc) is 2.68. The summed E-state index contributed by atoms with van der Waals surface area (Å²) in [6.45, 7) is 6.72. The predicted molar refractivity (Wildman–Crippen MR) is 78.6 cm³/mol. The number of benzene rings is 1. The molecule has 1 N–H and O–H groups in total. The Balaban J connectivity index is 1.95. The summed E-state index contributed by atoms with van der Waals surface area (Å²) in [5.41, 5.74) is 2.39. The second kappa shape index (κ2) is 6.22. The summed E-state index contributed by atoms with van der Waals surface area (Å²) in [6.07, 6.45) is 5.23. The smallest absolute Gasteiger partial charge is 0.130 e. The van der Waals surface area contributed by atoms with Gasteiger partial charge in [0.2, 0.25) is 0 Å². The second-order valence-electron chi connectivity index (χ2n) is 5.47. The number of hydrogen-bond donors (Lipinski definition) is 1. The van der Waals surface area contributed by atoms with Gasteiger partial charge in [-0.3, -0.25) is 0 Å². The van der Waals surface area contributed by atoms with Crippen LogP contribution in [0.4, 0.5) is 0 Å². The first kappa shape index (κ1) is 14.1. The normalized spacial score (nSPS) is 16.6. The van der Waals surface area contributed by atoms with Crippen LogP contribution in [0.25, 0.3) is 6.08 Å². The first-order chi connectivity index (χ1) is 9.12. The molecule has 1 aromatic rings. The topological polar surface area (TPSA) is 30.5 Å². The van der Waals surface area contributed by atoms with Crippen LogP contribution < -0.4 is 10.1 Å². The monoisotopic (exact) mass is 261 g/mol. The maximum Gasteiger partial charge on any atom is 0.130 e. The summed E-state index contributed by atoms with van der Waals surface area (Å²) < 4.78 is 11.0. The average molecular weight is 261 g/mol. The van der Waals surface area contributed by atoms with Gasteiger partial charge in [-0.1, -0.05) is 30.4 Å². The van der Waals surface area contributed by atoms with Crippen molar-refractivity contribution in [3.63, 3.8) is 0 Å². The van der Waals surface area contributed by atoms with Gasteiger partial charge < -0.3 is 14.8 Å². The molecule has 0 aromatic heterocycles. The van der Waals surface area contributed by atoms with E-state index in [1.165, 1.54) is 5.56 Å². The van der Waals surface area contributed by atoms with E-state index >= 15 is 0 Å². The molecule has 0 amide bonds. The van der Waals surface area contributed by atoms with Crippen molar-refractivity contribution in [3.8, 4) is 5.75 Å². The van der Waals surface area contributed by atoms with Crippen molar-refractivity contribution in [2.45, 2.75) is 25.9 Å². The third-order valence-corrected chi connectivity index (χ3v) is 3.16. The van der Waals surface area contributed by atoms with E-state index in [0.717, 1.165) is 37.4 Å². The highest BCUT2D eigenvalue weighted by Gasteiger charge is 2.30. The minimum Gasteiger partial charge on any atom is -0.487 e. The van der Waals surface area contributed by atoms with Gasteiger partial charge in [0.25, 0.3) is 0 Å². The lowest BCUT2D eigenvalue weighted by Gasteiger charge is -2.17. The van der Waals surface area contributed by atoms with Gasteiger partial charge in [0.05, 0.1) is 6.61 Å². The minimum atomic E-state index is -0.0804. The quantitative estimate of drug-likeness (QED) is 0.799. The van der Waals surface area contributed by atoms with E-state index in [1.54, 1.807) is 7.11 Å². The molecule has 0 saturated heterocycles. The molecule has 0 unspecified atom stereocenters. The van der Waals surface area contributed by atoms with Crippen LogP contribution in [0.3, 0.4) is 0 Å². The SMILES string of the molecule is COCCNCC=Cc1cccc2c1OC(C)(C)C2. The maximum atomic E-state index is 6.03. The van der Waals surface area contributed by atoms with Crippen molar-refractivity contribution in [1.82, 2.24) is 5.32 Å².